The minimum atomic E-state index is -0.0633. The summed E-state index contributed by atoms with van der Waals surface area (Å²) in [6, 6.07) is 8.60. The highest BCUT2D eigenvalue weighted by molar-refractivity contribution is 5.95. The number of nitrogens with zero attached hydrogens (tertiary/aromatic N) is 2. The summed E-state index contributed by atoms with van der Waals surface area (Å²) in [4.78, 5) is 19.2. The minimum Gasteiger partial charge on any atom is -0.493 e. The lowest BCUT2D eigenvalue weighted by atomic mass is 9.82. The Hall–Kier alpha value is -3.88. The fourth-order valence-corrected chi connectivity index (χ4v) is 4.16. The highest BCUT2D eigenvalue weighted by atomic mass is 16.5. The number of hydrogen-bond acceptors (Lipinski definition) is 8. The van der Waals surface area contributed by atoms with E-state index < -0.39 is 0 Å². The van der Waals surface area contributed by atoms with Crippen molar-refractivity contribution < 1.29 is 19.0 Å². The van der Waals surface area contributed by atoms with E-state index in [0.717, 1.165) is 17.7 Å². The van der Waals surface area contributed by atoms with E-state index in [4.69, 9.17) is 31.4 Å². The number of aromatic nitrogens is 1. The zero-order valence-corrected chi connectivity index (χ0v) is 20.1. The number of ether oxygens (including phenoxy) is 3. The van der Waals surface area contributed by atoms with E-state index in [1.807, 2.05) is 11.8 Å². The first-order chi connectivity index (χ1) is 16.2. The molecule has 0 spiro atoms. The summed E-state index contributed by atoms with van der Waals surface area (Å²) in [7, 11) is 3.09. The van der Waals surface area contributed by atoms with Crippen molar-refractivity contribution in [2.45, 2.75) is 20.3 Å². The van der Waals surface area contributed by atoms with Gasteiger partial charge in [0.25, 0.3) is 5.91 Å². The molecule has 1 saturated heterocycles. The number of carbonyl (C=O) groups excluding carboxylic acids is 1. The number of amides is 1. The number of pyridine rings is 1. The number of rotatable bonds is 7. The van der Waals surface area contributed by atoms with Gasteiger partial charge in [-0.05, 0) is 55.2 Å². The minimum absolute atomic E-state index is 0.0633. The molecular formula is C25H33N5O4. The predicted octanol–water partition coefficient (Wildman–Crippen LogP) is 2.98. The Labute approximate surface area is 200 Å². The molecule has 2 unspecified atom stereocenters. The van der Waals surface area contributed by atoms with Crippen molar-refractivity contribution in [3.63, 3.8) is 0 Å². The lowest BCUT2D eigenvalue weighted by Gasteiger charge is -2.37. The molecule has 1 fully saturated rings. The maximum absolute atomic E-state index is 13.2. The summed E-state index contributed by atoms with van der Waals surface area (Å²) >= 11 is 0. The normalized spacial score (nSPS) is 18.5. The van der Waals surface area contributed by atoms with Gasteiger partial charge in [-0.2, -0.15) is 0 Å². The maximum Gasteiger partial charge on any atom is 0.254 e. The van der Waals surface area contributed by atoms with Crippen LogP contribution in [0.1, 0.15) is 30.6 Å². The van der Waals surface area contributed by atoms with Gasteiger partial charge in [0.2, 0.25) is 5.88 Å². The van der Waals surface area contributed by atoms with Crippen LogP contribution in [0.5, 0.6) is 23.1 Å². The monoisotopic (exact) mass is 467 g/mol. The third-order valence-electron chi connectivity index (χ3n) is 5.99. The molecule has 0 radical (unpaired) electrons. The van der Waals surface area contributed by atoms with Crippen molar-refractivity contribution in [1.82, 2.24) is 9.88 Å². The van der Waals surface area contributed by atoms with E-state index in [1.54, 1.807) is 49.7 Å². The van der Waals surface area contributed by atoms with Gasteiger partial charge in [-0.15, -0.1) is 0 Å². The van der Waals surface area contributed by atoms with Gasteiger partial charge in [0.05, 0.1) is 26.2 Å². The van der Waals surface area contributed by atoms with Crippen molar-refractivity contribution in [3.05, 3.63) is 65.3 Å². The van der Waals surface area contributed by atoms with Crippen molar-refractivity contribution >= 4 is 5.91 Å². The van der Waals surface area contributed by atoms with Gasteiger partial charge in [0.15, 0.2) is 11.5 Å². The standard InChI is InChI=1S/C25H33N5O4/c1-15(11-22(26)27)24(28)19-9-10-30(14-16(19)2)25(31)17-5-7-20(21(12-17)32-3)34-18-6-8-23(33-4)29-13-18/h5-8,11-13,16,19H,9-10,14,26-28H2,1-4H3/b24-15-. The highest BCUT2D eigenvalue weighted by Crippen LogP contribution is 2.34. The summed E-state index contributed by atoms with van der Waals surface area (Å²) in [6.45, 7) is 5.19. The summed E-state index contributed by atoms with van der Waals surface area (Å²) in [5.41, 5.74) is 19.7. The molecule has 1 amide bonds. The molecule has 6 N–H and O–H groups in total. The van der Waals surface area contributed by atoms with Gasteiger partial charge < -0.3 is 36.3 Å². The zero-order chi connectivity index (χ0) is 24.8. The SMILES string of the molecule is COc1ccc(Oc2ccc(C(=O)N3CCC(/C(N)=C(\C)C=C(N)N)C(C)C3)cc2OC)cn1. The second-order valence-corrected chi connectivity index (χ2v) is 8.41. The smallest absolute Gasteiger partial charge is 0.254 e. The van der Waals surface area contributed by atoms with Crippen LogP contribution in [0.3, 0.4) is 0 Å². The van der Waals surface area contributed by atoms with Gasteiger partial charge in [0.1, 0.15) is 5.75 Å². The number of allylic oxidation sites excluding steroid dienone is 3. The lowest BCUT2D eigenvalue weighted by Crippen LogP contribution is -2.44. The number of hydrogen-bond donors (Lipinski definition) is 3. The van der Waals surface area contributed by atoms with Gasteiger partial charge in [0, 0.05) is 36.3 Å². The second-order valence-electron chi connectivity index (χ2n) is 8.41. The van der Waals surface area contributed by atoms with Crippen LogP contribution in [0.4, 0.5) is 0 Å². The third kappa shape index (κ3) is 5.72. The van der Waals surface area contributed by atoms with Crippen LogP contribution in [-0.4, -0.2) is 43.1 Å². The van der Waals surface area contributed by atoms with Gasteiger partial charge in [-0.3, -0.25) is 4.79 Å². The van der Waals surface area contributed by atoms with E-state index in [1.165, 1.54) is 7.11 Å². The number of methoxy groups -OCH3 is 2. The highest BCUT2D eigenvalue weighted by Gasteiger charge is 2.31. The maximum atomic E-state index is 13.2. The first kappa shape index (κ1) is 24.8. The molecule has 2 aromatic rings. The quantitative estimate of drug-likeness (QED) is 0.528. The third-order valence-corrected chi connectivity index (χ3v) is 5.99. The molecule has 1 aromatic heterocycles. The van der Waals surface area contributed by atoms with E-state index in [9.17, 15) is 4.79 Å². The van der Waals surface area contributed by atoms with E-state index in [0.29, 0.717) is 41.8 Å². The van der Waals surface area contributed by atoms with Crippen LogP contribution in [0.25, 0.3) is 0 Å². The molecule has 0 bridgehead atoms. The van der Waals surface area contributed by atoms with Crippen LogP contribution in [0.15, 0.2) is 59.7 Å². The Morgan fingerprint density at radius 3 is 2.47 bits per heavy atom. The molecule has 3 rings (SSSR count). The van der Waals surface area contributed by atoms with Gasteiger partial charge in [-0.25, -0.2) is 4.98 Å². The molecule has 0 aliphatic carbocycles. The molecule has 34 heavy (non-hydrogen) atoms. The molecule has 9 heteroatoms. The van der Waals surface area contributed by atoms with Crippen LogP contribution in [0, 0.1) is 11.8 Å². The molecule has 1 aliphatic heterocycles. The number of likely N-dealkylation sites (tertiary alicyclic amines) is 1. The molecule has 9 nitrogen and oxygen atoms in total. The number of carbonyl (C=O) groups is 1. The lowest BCUT2D eigenvalue weighted by molar-refractivity contribution is 0.0636. The number of nitrogens with two attached hydrogens (primary N) is 3. The molecule has 1 aromatic carbocycles. The topological polar surface area (TPSA) is 139 Å². The van der Waals surface area contributed by atoms with Crippen molar-refractivity contribution in [2.24, 2.45) is 29.0 Å². The Balaban J connectivity index is 1.71. The molecular weight excluding hydrogens is 434 g/mol. The molecule has 1 aliphatic rings. The van der Waals surface area contributed by atoms with Crippen LogP contribution in [-0.2, 0) is 0 Å². The summed E-state index contributed by atoms with van der Waals surface area (Å²) < 4.78 is 16.4. The average molecular weight is 468 g/mol. The first-order valence-corrected chi connectivity index (χ1v) is 11.1. The van der Waals surface area contributed by atoms with Crippen LogP contribution < -0.4 is 31.4 Å². The Bertz CT molecular complexity index is 1080. The van der Waals surface area contributed by atoms with Crippen molar-refractivity contribution in [2.75, 3.05) is 27.3 Å². The first-order valence-electron chi connectivity index (χ1n) is 11.1. The molecule has 2 atom stereocenters. The Kier molecular flexibility index (Phi) is 7.88. The van der Waals surface area contributed by atoms with E-state index in [2.05, 4.69) is 11.9 Å². The van der Waals surface area contributed by atoms with E-state index in [-0.39, 0.29) is 23.6 Å². The summed E-state index contributed by atoms with van der Waals surface area (Å²) in [6.07, 6.45) is 4.00. The fraction of sp³-hybridized carbons (Fsp3) is 0.360. The van der Waals surface area contributed by atoms with E-state index >= 15 is 0 Å². The zero-order valence-electron chi connectivity index (χ0n) is 20.1. The van der Waals surface area contributed by atoms with Gasteiger partial charge in [-0.1, -0.05) is 6.92 Å². The average Bonchev–Trinajstić information content (AvgIpc) is 2.83. The second kappa shape index (κ2) is 10.8. The molecule has 182 valence electrons. The van der Waals surface area contributed by atoms with Gasteiger partial charge >= 0.3 is 0 Å². The Morgan fingerprint density at radius 1 is 1.12 bits per heavy atom. The van der Waals surface area contributed by atoms with Crippen molar-refractivity contribution in [3.8, 4) is 23.1 Å². The summed E-state index contributed by atoms with van der Waals surface area (Å²) in [5.74, 6) is 2.47. The molecule has 0 saturated carbocycles. The van der Waals surface area contributed by atoms with Crippen LogP contribution in [0.2, 0.25) is 0 Å². The van der Waals surface area contributed by atoms with Crippen LogP contribution >= 0.6 is 0 Å². The number of piperidine rings is 1. The number of benzene rings is 1. The molecule has 2 heterocycles. The fourth-order valence-electron chi connectivity index (χ4n) is 4.16. The Morgan fingerprint density at radius 2 is 1.88 bits per heavy atom. The predicted molar refractivity (Wildman–Crippen MR) is 130 cm³/mol. The largest absolute Gasteiger partial charge is 0.493 e. The summed E-state index contributed by atoms with van der Waals surface area (Å²) in [5, 5.41) is 0. The van der Waals surface area contributed by atoms with Crippen molar-refractivity contribution in [1.29, 1.82) is 0 Å².